The summed E-state index contributed by atoms with van der Waals surface area (Å²) in [5.74, 6) is -0.540. The Bertz CT molecular complexity index is 536. The number of nitriles is 1. The molecule has 0 aliphatic heterocycles. The molecule has 0 aromatic heterocycles. The summed E-state index contributed by atoms with van der Waals surface area (Å²) in [5, 5.41) is 11.2. The maximum absolute atomic E-state index is 12.7. The van der Waals surface area contributed by atoms with Gasteiger partial charge in [-0.3, -0.25) is 4.79 Å². The molecule has 21 heavy (non-hydrogen) atoms. The van der Waals surface area contributed by atoms with Crippen molar-refractivity contribution in [1.82, 2.24) is 0 Å². The van der Waals surface area contributed by atoms with Gasteiger partial charge >= 0.3 is 12.1 Å². The van der Waals surface area contributed by atoms with E-state index in [1.165, 1.54) is 12.1 Å². The van der Waals surface area contributed by atoms with Crippen molar-refractivity contribution >= 4 is 11.7 Å². The van der Waals surface area contributed by atoms with Crippen molar-refractivity contribution in [1.29, 1.82) is 5.26 Å². The molecule has 0 aliphatic rings. The molecule has 0 fully saturated rings. The summed E-state index contributed by atoms with van der Waals surface area (Å²) >= 11 is 0. The second-order valence-corrected chi connectivity index (χ2v) is 4.30. The first-order valence-electron chi connectivity index (χ1n) is 6.39. The molecular formula is C14H15F3N2O2. The van der Waals surface area contributed by atoms with Gasteiger partial charge in [0.25, 0.3) is 0 Å². The third kappa shape index (κ3) is 5.34. The van der Waals surface area contributed by atoms with E-state index in [9.17, 15) is 18.0 Å². The van der Waals surface area contributed by atoms with Gasteiger partial charge in [-0.25, -0.2) is 0 Å². The van der Waals surface area contributed by atoms with Crippen molar-refractivity contribution < 1.29 is 22.7 Å². The molecule has 1 aromatic carbocycles. The van der Waals surface area contributed by atoms with E-state index in [2.05, 4.69) is 5.32 Å². The standard InChI is InChI=1S/C14H15F3N2O2/c1-2-3-6-21-13(20)9-19-11-5-4-10(8-18)12(7-11)14(15,16)17/h4-5,7,19H,2-3,6,9H2,1H3. The van der Waals surface area contributed by atoms with Gasteiger partial charge in [-0.05, 0) is 24.6 Å². The van der Waals surface area contributed by atoms with Crippen LogP contribution >= 0.6 is 0 Å². The fourth-order valence-electron chi connectivity index (χ4n) is 1.54. The molecule has 1 N–H and O–H groups in total. The third-order valence-corrected chi connectivity index (χ3v) is 2.64. The first kappa shape index (κ1) is 16.8. The van der Waals surface area contributed by atoms with Crippen molar-refractivity contribution in [2.75, 3.05) is 18.5 Å². The van der Waals surface area contributed by atoms with E-state index >= 15 is 0 Å². The number of hydrogen-bond donors (Lipinski definition) is 1. The van der Waals surface area contributed by atoms with E-state index in [1.54, 1.807) is 0 Å². The number of ether oxygens (including phenoxy) is 1. The molecule has 0 radical (unpaired) electrons. The lowest BCUT2D eigenvalue weighted by Crippen LogP contribution is -2.18. The molecule has 0 spiro atoms. The zero-order valence-corrected chi connectivity index (χ0v) is 11.5. The Labute approximate surface area is 120 Å². The van der Waals surface area contributed by atoms with Crippen LogP contribution in [0.1, 0.15) is 30.9 Å². The van der Waals surface area contributed by atoms with Crippen LogP contribution in [0.15, 0.2) is 18.2 Å². The Morgan fingerprint density at radius 2 is 2.14 bits per heavy atom. The predicted octanol–water partition coefficient (Wildman–Crippen LogP) is 3.33. The summed E-state index contributed by atoms with van der Waals surface area (Å²) in [6, 6.07) is 4.67. The molecule has 0 saturated carbocycles. The highest BCUT2D eigenvalue weighted by atomic mass is 19.4. The van der Waals surface area contributed by atoms with Gasteiger partial charge < -0.3 is 10.1 Å². The van der Waals surface area contributed by atoms with Crippen LogP contribution in [-0.4, -0.2) is 19.1 Å². The number of carbonyl (C=O) groups is 1. The van der Waals surface area contributed by atoms with E-state index in [0.717, 1.165) is 25.0 Å². The molecule has 0 unspecified atom stereocenters. The van der Waals surface area contributed by atoms with Crippen molar-refractivity contribution in [2.24, 2.45) is 0 Å². The molecule has 1 rings (SSSR count). The van der Waals surface area contributed by atoms with Crippen molar-refractivity contribution in [3.8, 4) is 6.07 Å². The maximum atomic E-state index is 12.7. The van der Waals surface area contributed by atoms with Crippen LogP contribution in [0.4, 0.5) is 18.9 Å². The summed E-state index contributed by atoms with van der Waals surface area (Å²) in [6.07, 6.45) is -3.00. The van der Waals surface area contributed by atoms with E-state index in [1.807, 2.05) is 6.92 Å². The molecule has 0 heterocycles. The molecule has 0 atom stereocenters. The lowest BCUT2D eigenvalue weighted by molar-refractivity contribution is -0.141. The minimum absolute atomic E-state index is 0.105. The largest absolute Gasteiger partial charge is 0.464 e. The van der Waals surface area contributed by atoms with Crippen molar-refractivity contribution in [2.45, 2.75) is 25.9 Å². The van der Waals surface area contributed by atoms with Gasteiger partial charge in [0.05, 0.1) is 23.8 Å². The summed E-state index contributed by atoms with van der Waals surface area (Å²) in [4.78, 5) is 11.3. The van der Waals surface area contributed by atoms with Gasteiger partial charge in [-0.2, -0.15) is 18.4 Å². The summed E-state index contributed by atoms with van der Waals surface area (Å²) in [6.45, 7) is 2.01. The summed E-state index contributed by atoms with van der Waals surface area (Å²) < 4.78 is 43.1. The number of halogens is 3. The molecule has 0 bridgehead atoms. The van der Waals surface area contributed by atoms with Crippen LogP contribution in [0.25, 0.3) is 0 Å². The number of nitrogens with zero attached hydrogens (tertiary/aromatic N) is 1. The number of unbranched alkanes of at least 4 members (excludes halogenated alkanes) is 1. The van der Waals surface area contributed by atoms with E-state index in [0.29, 0.717) is 0 Å². The smallest absolute Gasteiger partial charge is 0.417 e. The Balaban J connectivity index is 2.69. The van der Waals surface area contributed by atoms with Gasteiger partial charge in [0, 0.05) is 5.69 Å². The number of alkyl halides is 3. The first-order valence-corrected chi connectivity index (χ1v) is 6.39. The topological polar surface area (TPSA) is 62.1 Å². The van der Waals surface area contributed by atoms with Crippen molar-refractivity contribution in [3.05, 3.63) is 29.3 Å². The number of benzene rings is 1. The monoisotopic (exact) mass is 300 g/mol. The lowest BCUT2D eigenvalue weighted by atomic mass is 10.1. The SMILES string of the molecule is CCCCOC(=O)CNc1ccc(C#N)c(C(F)(F)F)c1. The number of esters is 1. The zero-order valence-electron chi connectivity index (χ0n) is 11.5. The molecule has 0 aliphatic carbocycles. The third-order valence-electron chi connectivity index (χ3n) is 2.64. The average molecular weight is 300 g/mol. The molecular weight excluding hydrogens is 285 g/mol. The Kier molecular flexibility index (Phi) is 6.03. The lowest BCUT2D eigenvalue weighted by Gasteiger charge is -2.12. The highest BCUT2D eigenvalue weighted by Gasteiger charge is 2.33. The molecule has 7 heteroatoms. The minimum atomic E-state index is -4.62. The number of carbonyl (C=O) groups excluding carboxylic acids is 1. The second-order valence-electron chi connectivity index (χ2n) is 4.30. The van der Waals surface area contributed by atoms with Gasteiger partial charge in [0.15, 0.2) is 0 Å². The van der Waals surface area contributed by atoms with Gasteiger partial charge in [-0.1, -0.05) is 13.3 Å². The number of nitrogens with one attached hydrogen (secondary N) is 1. The van der Waals surface area contributed by atoms with Crippen LogP contribution in [0.2, 0.25) is 0 Å². The average Bonchev–Trinajstić information content (AvgIpc) is 2.44. The van der Waals surface area contributed by atoms with E-state index in [-0.39, 0.29) is 18.8 Å². The van der Waals surface area contributed by atoms with E-state index < -0.39 is 23.3 Å². The fraction of sp³-hybridized carbons (Fsp3) is 0.429. The Morgan fingerprint density at radius 1 is 1.43 bits per heavy atom. The van der Waals surface area contributed by atoms with Gasteiger partial charge in [0.2, 0.25) is 0 Å². The van der Waals surface area contributed by atoms with Gasteiger partial charge in [-0.15, -0.1) is 0 Å². The number of rotatable bonds is 6. The van der Waals surface area contributed by atoms with Crippen LogP contribution in [0, 0.1) is 11.3 Å². The van der Waals surface area contributed by atoms with Crippen LogP contribution in [0.5, 0.6) is 0 Å². The molecule has 1 aromatic rings. The molecule has 0 amide bonds. The molecule has 4 nitrogen and oxygen atoms in total. The van der Waals surface area contributed by atoms with Crippen molar-refractivity contribution in [3.63, 3.8) is 0 Å². The van der Waals surface area contributed by atoms with E-state index in [4.69, 9.17) is 10.00 Å². The van der Waals surface area contributed by atoms with Crippen LogP contribution in [0.3, 0.4) is 0 Å². The highest BCUT2D eigenvalue weighted by Crippen LogP contribution is 2.33. The zero-order chi connectivity index (χ0) is 15.9. The Hall–Kier alpha value is -2.23. The number of anilines is 1. The fourth-order valence-corrected chi connectivity index (χ4v) is 1.54. The maximum Gasteiger partial charge on any atom is 0.417 e. The summed E-state index contributed by atoms with van der Waals surface area (Å²) in [7, 11) is 0. The summed E-state index contributed by atoms with van der Waals surface area (Å²) in [5.41, 5.74) is -1.39. The van der Waals surface area contributed by atoms with Gasteiger partial charge in [0.1, 0.15) is 6.54 Å². The number of hydrogen-bond acceptors (Lipinski definition) is 4. The first-order chi connectivity index (χ1) is 9.88. The molecule has 0 saturated heterocycles. The van der Waals surface area contributed by atoms with Crippen LogP contribution in [-0.2, 0) is 15.7 Å². The predicted molar refractivity (Wildman–Crippen MR) is 70.5 cm³/mol. The molecule has 114 valence electrons. The van der Waals surface area contributed by atoms with Crippen LogP contribution < -0.4 is 5.32 Å². The second kappa shape index (κ2) is 7.53. The Morgan fingerprint density at radius 3 is 2.71 bits per heavy atom. The quantitative estimate of drug-likeness (QED) is 0.646. The normalized spacial score (nSPS) is 10.8. The minimum Gasteiger partial charge on any atom is -0.464 e. The highest BCUT2D eigenvalue weighted by molar-refractivity contribution is 5.75.